The van der Waals surface area contributed by atoms with Gasteiger partial charge in [-0.3, -0.25) is 15.0 Å². The van der Waals surface area contributed by atoms with E-state index in [1.54, 1.807) is 11.8 Å². The number of carboxylic acids is 1. The third-order valence-corrected chi connectivity index (χ3v) is 6.19. The molecule has 132 valence electrons. The van der Waals surface area contributed by atoms with Crippen LogP contribution in [0.2, 0.25) is 0 Å². The first-order valence-corrected chi connectivity index (χ1v) is 10.2. The van der Waals surface area contributed by atoms with Crippen LogP contribution in [0.5, 0.6) is 5.75 Å². The Bertz CT molecular complexity index is 581. The van der Waals surface area contributed by atoms with Crippen molar-refractivity contribution < 1.29 is 14.6 Å². The van der Waals surface area contributed by atoms with Crippen molar-refractivity contribution >= 4 is 33.7 Å². The quantitative estimate of drug-likeness (QED) is 0.745. The molecule has 2 heterocycles. The van der Waals surface area contributed by atoms with E-state index in [1.807, 2.05) is 18.2 Å². The zero-order chi connectivity index (χ0) is 16.9. The first-order chi connectivity index (χ1) is 11.6. The smallest absolute Gasteiger partial charge is 0.321 e. The molecular weight excluding hydrogens is 392 g/mol. The Labute approximate surface area is 155 Å². The van der Waals surface area contributed by atoms with E-state index in [4.69, 9.17) is 9.84 Å². The average molecular weight is 415 g/mol. The average Bonchev–Trinajstić information content (AvgIpc) is 3.07. The van der Waals surface area contributed by atoms with Gasteiger partial charge in [-0.2, -0.15) is 0 Å². The molecule has 2 N–H and O–H groups in total. The van der Waals surface area contributed by atoms with Gasteiger partial charge in [0.15, 0.2) is 0 Å². The van der Waals surface area contributed by atoms with E-state index in [2.05, 4.69) is 26.1 Å². The molecule has 0 aliphatic carbocycles. The van der Waals surface area contributed by atoms with Crippen molar-refractivity contribution in [1.82, 2.24) is 10.2 Å². The molecule has 0 amide bonds. The second-order valence-electron chi connectivity index (χ2n) is 6.20. The van der Waals surface area contributed by atoms with Gasteiger partial charge in [-0.1, -0.05) is 22.4 Å². The normalized spacial score (nSPS) is 24.9. The lowest BCUT2D eigenvalue weighted by atomic mass is 10.1. The Balaban J connectivity index is 1.61. The lowest BCUT2D eigenvalue weighted by Gasteiger charge is -2.26. The number of piperidine rings is 1. The SMILES string of the molecule is O=C(O)C1CSC(c2cc(Br)ccc2OCCN2CCCCC2)N1. The Morgan fingerprint density at radius 2 is 2.17 bits per heavy atom. The maximum Gasteiger partial charge on any atom is 0.321 e. The highest BCUT2D eigenvalue weighted by molar-refractivity contribution is 9.10. The van der Waals surface area contributed by atoms with Gasteiger partial charge in [0.1, 0.15) is 18.4 Å². The van der Waals surface area contributed by atoms with Gasteiger partial charge in [-0.25, -0.2) is 0 Å². The van der Waals surface area contributed by atoms with Crippen molar-refractivity contribution in [3.8, 4) is 5.75 Å². The number of likely N-dealkylation sites (tertiary alicyclic amines) is 1. The van der Waals surface area contributed by atoms with Crippen LogP contribution in [0.3, 0.4) is 0 Å². The highest BCUT2D eigenvalue weighted by atomic mass is 79.9. The van der Waals surface area contributed by atoms with Crippen LogP contribution in [0.25, 0.3) is 0 Å². The number of nitrogens with zero attached hydrogens (tertiary/aromatic N) is 1. The molecule has 0 bridgehead atoms. The van der Waals surface area contributed by atoms with Gasteiger partial charge in [-0.15, -0.1) is 11.8 Å². The summed E-state index contributed by atoms with van der Waals surface area (Å²) in [6, 6.07) is 5.45. The molecule has 0 radical (unpaired) electrons. The highest BCUT2D eigenvalue weighted by Gasteiger charge is 2.32. The number of nitrogens with one attached hydrogen (secondary N) is 1. The van der Waals surface area contributed by atoms with E-state index in [-0.39, 0.29) is 5.37 Å². The van der Waals surface area contributed by atoms with E-state index < -0.39 is 12.0 Å². The fourth-order valence-electron chi connectivity index (χ4n) is 3.12. The Kier molecular flexibility index (Phi) is 6.43. The van der Waals surface area contributed by atoms with Gasteiger partial charge >= 0.3 is 5.97 Å². The van der Waals surface area contributed by atoms with E-state index in [0.717, 1.165) is 35.4 Å². The first-order valence-electron chi connectivity index (χ1n) is 8.38. The third kappa shape index (κ3) is 4.65. The van der Waals surface area contributed by atoms with E-state index in [9.17, 15) is 4.79 Å². The van der Waals surface area contributed by atoms with Crippen molar-refractivity contribution in [3.63, 3.8) is 0 Å². The maximum absolute atomic E-state index is 11.2. The molecule has 3 rings (SSSR count). The van der Waals surface area contributed by atoms with Gasteiger partial charge < -0.3 is 9.84 Å². The monoisotopic (exact) mass is 414 g/mol. The number of hydrogen-bond acceptors (Lipinski definition) is 5. The summed E-state index contributed by atoms with van der Waals surface area (Å²) in [6.45, 7) is 3.93. The molecule has 2 fully saturated rings. The number of halogens is 1. The molecule has 2 saturated heterocycles. The zero-order valence-corrected chi connectivity index (χ0v) is 15.9. The van der Waals surface area contributed by atoms with E-state index in [1.165, 1.54) is 19.3 Å². The predicted octanol–water partition coefficient (Wildman–Crippen LogP) is 3.10. The van der Waals surface area contributed by atoms with Gasteiger partial charge in [0.2, 0.25) is 0 Å². The van der Waals surface area contributed by atoms with E-state index in [0.29, 0.717) is 12.4 Å². The summed E-state index contributed by atoms with van der Waals surface area (Å²) < 4.78 is 7.01. The minimum atomic E-state index is -0.799. The highest BCUT2D eigenvalue weighted by Crippen LogP contribution is 2.39. The minimum Gasteiger partial charge on any atom is -0.492 e. The second kappa shape index (κ2) is 8.56. The summed E-state index contributed by atoms with van der Waals surface area (Å²) in [5.41, 5.74) is 1.01. The van der Waals surface area contributed by atoms with Crippen molar-refractivity contribution in [3.05, 3.63) is 28.2 Å². The summed E-state index contributed by atoms with van der Waals surface area (Å²) in [6.07, 6.45) is 3.90. The third-order valence-electron chi connectivity index (χ3n) is 4.45. The van der Waals surface area contributed by atoms with Gasteiger partial charge in [0, 0.05) is 22.3 Å². The summed E-state index contributed by atoms with van der Waals surface area (Å²) in [4.78, 5) is 13.6. The Morgan fingerprint density at radius 1 is 1.38 bits per heavy atom. The fraction of sp³-hybridized carbons (Fsp3) is 0.588. The van der Waals surface area contributed by atoms with Crippen LogP contribution in [-0.2, 0) is 4.79 Å². The van der Waals surface area contributed by atoms with Crippen molar-refractivity contribution in [2.75, 3.05) is 32.0 Å². The molecule has 2 unspecified atom stereocenters. The van der Waals surface area contributed by atoms with Crippen molar-refractivity contribution in [2.24, 2.45) is 0 Å². The van der Waals surface area contributed by atoms with Gasteiger partial charge in [-0.05, 0) is 44.1 Å². The van der Waals surface area contributed by atoms with Gasteiger partial charge in [0.25, 0.3) is 0 Å². The van der Waals surface area contributed by atoms with Crippen LogP contribution in [0.1, 0.15) is 30.2 Å². The number of benzene rings is 1. The Hall–Kier alpha value is -0.760. The van der Waals surface area contributed by atoms with Crippen LogP contribution in [0, 0.1) is 0 Å². The molecule has 0 spiro atoms. The molecule has 24 heavy (non-hydrogen) atoms. The molecule has 1 aromatic carbocycles. The molecule has 1 aromatic rings. The van der Waals surface area contributed by atoms with Crippen LogP contribution >= 0.6 is 27.7 Å². The largest absolute Gasteiger partial charge is 0.492 e. The van der Waals surface area contributed by atoms with Crippen molar-refractivity contribution in [2.45, 2.75) is 30.7 Å². The van der Waals surface area contributed by atoms with Crippen molar-refractivity contribution in [1.29, 1.82) is 0 Å². The lowest BCUT2D eigenvalue weighted by Crippen LogP contribution is -2.34. The van der Waals surface area contributed by atoms with Crippen LogP contribution in [0.15, 0.2) is 22.7 Å². The molecule has 5 nitrogen and oxygen atoms in total. The molecule has 2 aliphatic rings. The summed E-state index contributed by atoms with van der Waals surface area (Å²) >= 11 is 5.11. The number of thioether (sulfide) groups is 1. The standard InChI is InChI=1S/C17H23BrN2O3S/c18-12-4-5-15(23-9-8-20-6-2-1-3-7-20)13(10-12)16-19-14(11-24-16)17(21)22/h4-5,10,14,16,19H,1-3,6-9,11H2,(H,21,22). The predicted molar refractivity (Wildman–Crippen MR) is 99.7 cm³/mol. The molecule has 2 aliphatic heterocycles. The minimum absolute atomic E-state index is 0.0476. The number of ether oxygens (including phenoxy) is 1. The van der Waals surface area contributed by atoms with E-state index >= 15 is 0 Å². The molecule has 0 saturated carbocycles. The fourth-order valence-corrected chi connectivity index (χ4v) is 4.74. The molecular formula is C17H23BrN2O3S. The maximum atomic E-state index is 11.2. The first kappa shape index (κ1) is 18.0. The number of aliphatic carboxylic acids is 1. The number of carboxylic acid groups (broad SMARTS) is 1. The molecule has 7 heteroatoms. The van der Waals surface area contributed by atoms with Crippen LogP contribution < -0.4 is 10.1 Å². The van der Waals surface area contributed by atoms with Gasteiger partial charge in [0.05, 0.1) is 5.37 Å². The number of rotatable bonds is 6. The molecule has 2 atom stereocenters. The zero-order valence-electron chi connectivity index (χ0n) is 13.5. The second-order valence-corrected chi connectivity index (χ2v) is 8.26. The molecule has 0 aromatic heterocycles. The van der Waals surface area contributed by atoms with Crippen LogP contribution in [-0.4, -0.2) is 54.0 Å². The summed E-state index contributed by atoms with van der Waals surface area (Å²) in [7, 11) is 0. The summed E-state index contributed by atoms with van der Waals surface area (Å²) in [5.74, 6) is 0.610. The number of hydrogen-bond donors (Lipinski definition) is 2. The van der Waals surface area contributed by atoms with Crippen LogP contribution in [0.4, 0.5) is 0 Å². The Morgan fingerprint density at radius 3 is 2.88 bits per heavy atom. The number of carbonyl (C=O) groups is 1. The lowest BCUT2D eigenvalue weighted by molar-refractivity contribution is -0.138. The topological polar surface area (TPSA) is 61.8 Å². The summed E-state index contributed by atoms with van der Waals surface area (Å²) in [5, 5.41) is 12.3.